The Hall–Kier alpha value is -3.20. The average molecular weight is 405 g/mol. The zero-order valence-corrected chi connectivity index (χ0v) is 16.4. The van der Waals surface area contributed by atoms with Crippen LogP contribution in [-0.4, -0.2) is 44.5 Å². The molecule has 0 aliphatic carbocycles. The summed E-state index contributed by atoms with van der Waals surface area (Å²) in [4.78, 5) is 47.7. The van der Waals surface area contributed by atoms with E-state index >= 15 is 0 Å². The number of aldehydes is 1. The summed E-state index contributed by atoms with van der Waals surface area (Å²) in [5.41, 5.74) is 0.758. The Bertz CT molecular complexity index is 904. The summed E-state index contributed by atoms with van der Waals surface area (Å²) < 4.78 is 15.1. The molecule has 0 saturated carbocycles. The highest BCUT2D eigenvalue weighted by atomic mass is 32.1. The maximum atomic E-state index is 12.3. The quantitative estimate of drug-likeness (QED) is 0.531. The second kappa shape index (κ2) is 9.65. The van der Waals surface area contributed by atoms with E-state index in [1.165, 1.54) is 7.11 Å². The van der Waals surface area contributed by atoms with E-state index in [1.807, 2.05) is 0 Å². The number of thiophene rings is 1. The van der Waals surface area contributed by atoms with Gasteiger partial charge in [0.1, 0.15) is 15.6 Å². The molecule has 8 nitrogen and oxygen atoms in total. The molecule has 0 spiro atoms. The standard InChI is InChI=1S/C19H19NO7S/c1-4-26-18(23)15-11(2)16(19(24)25-3)28-17(15)20-14(22)10-27-13-8-6-5-7-12(13)9-21/h5-9H,4,10H2,1-3H3,(H,20,22). The van der Waals surface area contributed by atoms with Gasteiger partial charge in [0.15, 0.2) is 12.9 Å². The van der Waals surface area contributed by atoms with Gasteiger partial charge in [-0.25, -0.2) is 9.59 Å². The number of carbonyl (C=O) groups excluding carboxylic acids is 4. The third-order valence-corrected chi connectivity index (χ3v) is 4.84. The molecule has 148 valence electrons. The van der Waals surface area contributed by atoms with Crippen LogP contribution in [-0.2, 0) is 14.3 Å². The number of hydrogen-bond donors (Lipinski definition) is 1. The molecule has 2 rings (SSSR count). The molecule has 1 aromatic heterocycles. The maximum absolute atomic E-state index is 12.3. The molecule has 0 aliphatic rings. The number of ether oxygens (including phenoxy) is 3. The van der Waals surface area contributed by atoms with Crippen LogP contribution in [0.1, 0.15) is 42.9 Å². The van der Waals surface area contributed by atoms with Crippen LogP contribution in [0.15, 0.2) is 24.3 Å². The molecule has 0 aliphatic heterocycles. The van der Waals surface area contributed by atoms with E-state index in [4.69, 9.17) is 14.2 Å². The van der Waals surface area contributed by atoms with Crippen molar-refractivity contribution in [1.82, 2.24) is 0 Å². The van der Waals surface area contributed by atoms with E-state index in [1.54, 1.807) is 38.1 Å². The van der Waals surface area contributed by atoms with Crippen LogP contribution in [0.2, 0.25) is 0 Å². The van der Waals surface area contributed by atoms with E-state index in [9.17, 15) is 19.2 Å². The highest BCUT2D eigenvalue weighted by molar-refractivity contribution is 7.18. The molecule has 1 aromatic carbocycles. The zero-order valence-electron chi connectivity index (χ0n) is 15.6. The molecule has 0 radical (unpaired) electrons. The Kier molecular flexibility index (Phi) is 7.28. The molecule has 1 N–H and O–H groups in total. The van der Waals surface area contributed by atoms with Crippen LogP contribution in [0, 0.1) is 6.92 Å². The molecule has 0 bridgehead atoms. The Morgan fingerprint density at radius 2 is 1.89 bits per heavy atom. The first-order chi connectivity index (χ1) is 13.4. The average Bonchev–Trinajstić information content (AvgIpc) is 3.01. The lowest BCUT2D eigenvalue weighted by Crippen LogP contribution is -2.21. The minimum Gasteiger partial charge on any atom is -0.483 e. The number of rotatable bonds is 8. The largest absolute Gasteiger partial charge is 0.483 e. The van der Waals surface area contributed by atoms with Crippen molar-refractivity contribution in [2.45, 2.75) is 13.8 Å². The summed E-state index contributed by atoms with van der Waals surface area (Å²) in [5.74, 6) is -1.58. The number of carbonyl (C=O) groups is 4. The lowest BCUT2D eigenvalue weighted by Gasteiger charge is -2.09. The van der Waals surface area contributed by atoms with Crippen LogP contribution in [0.4, 0.5) is 5.00 Å². The van der Waals surface area contributed by atoms with Gasteiger partial charge >= 0.3 is 11.9 Å². The van der Waals surface area contributed by atoms with Crippen molar-refractivity contribution in [1.29, 1.82) is 0 Å². The third-order valence-electron chi connectivity index (χ3n) is 3.65. The second-order valence-corrected chi connectivity index (χ2v) is 6.49. The van der Waals surface area contributed by atoms with Crippen LogP contribution in [0.25, 0.3) is 0 Å². The van der Waals surface area contributed by atoms with E-state index in [2.05, 4.69) is 5.32 Å². The lowest BCUT2D eigenvalue weighted by atomic mass is 10.1. The summed E-state index contributed by atoms with van der Waals surface area (Å²) in [7, 11) is 1.22. The summed E-state index contributed by atoms with van der Waals surface area (Å²) in [6.07, 6.45) is 0.622. The van der Waals surface area contributed by atoms with Gasteiger partial charge < -0.3 is 19.5 Å². The fourth-order valence-electron chi connectivity index (χ4n) is 2.35. The van der Waals surface area contributed by atoms with E-state index in [-0.39, 0.29) is 27.8 Å². The Labute approximate surface area is 165 Å². The number of nitrogens with one attached hydrogen (secondary N) is 1. The molecular weight excluding hydrogens is 386 g/mol. The van der Waals surface area contributed by atoms with E-state index < -0.39 is 24.5 Å². The minimum atomic E-state index is -0.658. The summed E-state index contributed by atoms with van der Waals surface area (Å²) in [6, 6.07) is 6.46. The van der Waals surface area contributed by atoms with Crippen LogP contribution < -0.4 is 10.1 Å². The normalized spacial score (nSPS) is 10.1. The first-order valence-corrected chi connectivity index (χ1v) is 9.10. The van der Waals surface area contributed by atoms with Crippen molar-refractivity contribution < 1.29 is 33.4 Å². The van der Waals surface area contributed by atoms with Crippen molar-refractivity contribution in [3.63, 3.8) is 0 Å². The van der Waals surface area contributed by atoms with E-state index in [0.717, 1.165) is 11.3 Å². The van der Waals surface area contributed by atoms with Crippen molar-refractivity contribution in [3.8, 4) is 5.75 Å². The molecule has 28 heavy (non-hydrogen) atoms. The van der Waals surface area contributed by atoms with Gasteiger partial charge in [-0.3, -0.25) is 9.59 Å². The van der Waals surface area contributed by atoms with Crippen molar-refractivity contribution >= 4 is 40.5 Å². The van der Waals surface area contributed by atoms with Gasteiger partial charge in [-0.2, -0.15) is 0 Å². The molecule has 0 saturated heterocycles. The van der Waals surface area contributed by atoms with Gasteiger partial charge in [0, 0.05) is 0 Å². The zero-order chi connectivity index (χ0) is 20.7. The van der Waals surface area contributed by atoms with Gasteiger partial charge in [-0.15, -0.1) is 11.3 Å². The summed E-state index contributed by atoms with van der Waals surface area (Å²) in [6.45, 7) is 2.97. The first-order valence-electron chi connectivity index (χ1n) is 8.28. The minimum absolute atomic E-state index is 0.0916. The number of methoxy groups -OCH3 is 1. The number of para-hydroxylation sites is 1. The van der Waals surface area contributed by atoms with Gasteiger partial charge in [-0.05, 0) is 31.5 Å². The van der Waals surface area contributed by atoms with Crippen LogP contribution in [0.5, 0.6) is 5.75 Å². The fraction of sp³-hybridized carbons (Fsp3) is 0.263. The molecule has 0 fully saturated rings. The van der Waals surface area contributed by atoms with Crippen molar-refractivity contribution in [3.05, 3.63) is 45.8 Å². The Morgan fingerprint density at radius 1 is 1.18 bits per heavy atom. The Morgan fingerprint density at radius 3 is 2.54 bits per heavy atom. The predicted octanol–water partition coefficient (Wildman–Crippen LogP) is 2.85. The molecule has 9 heteroatoms. The second-order valence-electron chi connectivity index (χ2n) is 5.46. The molecular formula is C19H19NO7S. The monoisotopic (exact) mass is 405 g/mol. The molecule has 1 heterocycles. The summed E-state index contributed by atoms with van der Waals surface area (Å²) >= 11 is 0.912. The highest BCUT2D eigenvalue weighted by Gasteiger charge is 2.27. The highest BCUT2D eigenvalue weighted by Crippen LogP contribution is 2.34. The van der Waals surface area contributed by atoms with Gasteiger partial charge in [-0.1, -0.05) is 12.1 Å². The first kappa shape index (κ1) is 21.1. The maximum Gasteiger partial charge on any atom is 0.348 e. The van der Waals surface area contributed by atoms with Gasteiger partial charge in [0.25, 0.3) is 5.91 Å². The Balaban J connectivity index is 2.21. The molecule has 2 aromatic rings. The van der Waals surface area contributed by atoms with Gasteiger partial charge in [0.05, 0.1) is 24.8 Å². The SMILES string of the molecule is CCOC(=O)c1c(NC(=O)COc2ccccc2C=O)sc(C(=O)OC)c1C. The van der Waals surface area contributed by atoms with Crippen LogP contribution in [0.3, 0.4) is 0 Å². The third kappa shape index (κ3) is 4.74. The van der Waals surface area contributed by atoms with E-state index in [0.29, 0.717) is 17.4 Å². The fourth-order valence-corrected chi connectivity index (χ4v) is 3.48. The molecule has 0 unspecified atom stereocenters. The smallest absolute Gasteiger partial charge is 0.348 e. The van der Waals surface area contributed by atoms with Crippen molar-refractivity contribution in [2.24, 2.45) is 0 Å². The molecule has 0 atom stereocenters. The lowest BCUT2D eigenvalue weighted by molar-refractivity contribution is -0.118. The predicted molar refractivity (Wildman–Crippen MR) is 102 cm³/mol. The molecule has 1 amide bonds. The number of anilines is 1. The van der Waals surface area contributed by atoms with Crippen LogP contribution >= 0.6 is 11.3 Å². The van der Waals surface area contributed by atoms with Gasteiger partial charge in [0.2, 0.25) is 0 Å². The number of amides is 1. The van der Waals surface area contributed by atoms with Crippen molar-refractivity contribution in [2.75, 3.05) is 25.6 Å². The summed E-state index contributed by atoms with van der Waals surface area (Å²) in [5, 5.41) is 2.72. The number of esters is 2. The number of benzene rings is 1. The topological polar surface area (TPSA) is 108 Å². The number of hydrogen-bond acceptors (Lipinski definition) is 8.